The van der Waals surface area contributed by atoms with Gasteiger partial charge < -0.3 is 4.42 Å². The Kier molecular flexibility index (Phi) is 4.57. The highest BCUT2D eigenvalue weighted by molar-refractivity contribution is 9.10. The molecule has 0 spiro atoms. The fourth-order valence-electron chi connectivity index (χ4n) is 3.66. The molecule has 3 heterocycles. The van der Waals surface area contributed by atoms with Crippen molar-refractivity contribution >= 4 is 60.9 Å². The monoisotopic (exact) mass is 500 g/mol. The average Bonchev–Trinajstić information content (AvgIpc) is 3.20. The number of aromatic nitrogens is 1. The molecule has 1 aliphatic heterocycles. The molecular weight excluding hydrogens is 488 g/mol. The predicted octanol–water partition coefficient (Wildman–Crippen LogP) is 6.03. The Morgan fingerprint density at radius 1 is 1.13 bits per heavy atom. The van der Waals surface area contributed by atoms with Crippen molar-refractivity contribution in [2.75, 3.05) is 4.90 Å². The van der Waals surface area contributed by atoms with Crippen LogP contribution < -0.4 is 10.3 Å². The molecule has 0 saturated carbocycles. The minimum Gasteiger partial charge on any atom is -0.450 e. The van der Waals surface area contributed by atoms with Gasteiger partial charge in [0.05, 0.1) is 22.7 Å². The maximum absolute atomic E-state index is 13.5. The SMILES string of the molecule is Cc1nc(N2C(=O)c3oc4ccc(Cl)cc4c(=O)c3[C@@H]2c2ccc(Br)cc2)sc1C. The number of carbonyl (C=O) groups excluding carboxylic acids is 1. The second kappa shape index (κ2) is 7.04. The molecule has 150 valence electrons. The molecule has 2 aromatic heterocycles. The third-order valence-corrected chi connectivity index (χ3v) is 7.08. The Bertz CT molecular complexity index is 1370. The van der Waals surface area contributed by atoms with Crippen LogP contribution in [0.25, 0.3) is 11.0 Å². The normalized spacial score (nSPS) is 15.8. The maximum atomic E-state index is 13.5. The number of hydrogen-bond acceptors (Lipinski definition) is 5. The zero-order valence-electron chi connectivity index (χ0n) is 15.9. The lowest BCUT2D eigenvalue weighted by molar-refractivity contribution is 0.0971. The third-order valence-electron chi connectivity index (χ3n) is 5.24. The van der Waals surface area contributed by atoms with Crippen LogP contribution in [0.4, 0.5) is 5.13 Å². The van der Waals surface area contributed by atoms with E-state index in [2.05, 4.69) is 20.9 Å². The maximum Gasteiger partial charge on any atom is 0.297 e. The van der Waals surface area contributed by atoms with Crippen LogP contribution in [0.3, 0.4) is 0 Å². The van der Waals surface area contributed by atoms with E-state index in [0.29, 0.717) is 26.7 Å². The summed E-state index contributed by atoms with van der Waals surface area (Å²) in [6.07, 6.45) is 0. The van der Waals surface area contributed by atoms with Crippen LogP contribution in [-0.2, 0) is 0 Å². The standard InChI is InChI=1S/C22H14BrClN2O3S/c1-10-11(2)30-22(25-10)26-18(12-3-5-13(23)6-4-12)17-19(27)15-9-14(24)7-8-16(15)29-20(17)21(26)28/h3-9,18H,1-2H3/t18-/m0/s1. The highest BCUT2D eigenvalue weighted by Gasteiger charge is 2.45. The van der Waals surface area contributed by atoms with E-state index in [9.17, 15) is 9.59 Å². The van der Waals surface area contributed by atoms with E-state index in [0.717, 1.165) is 20.6 Å². The molecule has 8 heteroatoms. The minimum absolute atomic E-state index is 0.0493. The first-order valence-corrected chi connectivity index (χ1v) is 11.1. The highest BCUT2D eigenvalue weighted by atomic mass is 79.9. The van der Waals surface area contributed by atoms with Crippen LogP contribution in [0.5, 0.6) is 0 Å². The number of aryl methyl sites for hydroxylation is 2. The van der Waals surface area contributed by atoms with Crippen LogP contribution in [0.2, 0.25) is 5.02 Å². The number of benzene rings is 2. The molecule has 5 rings (SSSR count). The third kappa shape index (κ3) is 2.92. The van der Waals surface area contributed by atoms with Crippen molar-refractivity contribution in [2.45, 2.75) is 19.9 Å². The number of carbonyl (C=O) groups is 1. The van der Waals surface area contributed by atoms with Crippen LogP contribution in [-0.4, -0.2) is 10.9 Å². The number of fused-ring (bicyclic) bond motifs is 2. The molecule has 5 nitrogen and oxygen atoms in total. The van der Waals surface area contributed by atoms with Gasteiger partial charge in [-0.25, -0.2) is 4.98 Å². The van der Waals surface area contributed by atoms with E-state index in [1.807, 2.05) is 38.1 Å². The quantitative estimate of drug-likeness (QED) is 0.336. The second-order valence-corrected chi connectivity index (χ2v) is 9.62. The summed E-state index contributed by atoms with van der Waals surface area (Å²) in [6.45, 7) is 3.86. The lowest BCUT2D eigenvalue weighted by atomic mass is 9.99. The van der Waals surface area contributed by atoms with Gasteiger partial charge in [-0.1, -0.05) is 39.7 Å². The molecule has 2 aromatic carbocycles. The zero-order chi connectivity index (χ0) is 21.2. The van der Waals surface area contributed by atoms with Gasteiger partial charge >= 0.3 is 0 Å². The molecule has 0 aliphatic carbocycles. The molecule has 1 amide bonds. The predicted molar refractivity (Wildman–Crippen MR) is 122 cm³/mol. The average molecular weight is 502 g/mol. The number of amides is 1. The Morgan fingerprint density at radius 3 is 2.53 bits per heavy atom. The van der Waals surface area contributed by atoms with E-state index < -0.39 is 6.04 Å². The van der Waals surface area contributed by atoms with Gasteiger partial charge in [0.2, 0.25) is 5.76 Å². The van der Waals surface area contributed by atoms with Gasteiger partial charge in [-0.05, 0) is 49.7 Å². The van der Waals surface area contributed by atoms with Gasteiger partial charge in [0, 0.05) is 14.4 Å². The summed E-state index contributed by atoms with van der Waals surface area (Å²) < 4.78 is 6.84. The minimum atomic E-state index is -0.634. The second-order valence-electron chi connectivity index (χ2n) is 7.08. The number of rotatable bonds is 2. The molecule has 0 fully saturated rings. The Labute approximate surface area is 189 Å². The van der Waals surface area contributed by atoms with Crippen LogP contribution in [0.15, 0.2) is 56.1 Å². The fourth-order valence-corrected chi connectivity index (χ4v) is 5.03. The highest BCUT2D eigenvalue weighted by Crippen LogP contribution is 2.43. The summed E-state index contributed by atoms with van der Waals surface area (Å²) in [7, 11) is 0. The summed E-state index contributed by atoms with van der Waals surface area (Å²) in [6, 6.07) is 11.7. The van der Waals surface area contributed by atoms with Gasteiger partial charge in [-0.3, -0.25) is 14.5 Å². The number of halogens is 2. The molecule has 0 bridgehead atoms. The van der Waals surface area contributed by atoms with Crippen molar-refractivity contribution in [3.05, 3.63) is 89.6 Å². The van der Waals surface area contributed by atoms with Crippen molar-refractivity contribution < 1.29 is 9.21 Å². The largest absolute Gasteiger partial charge is 0.450 e. The van der Waals surface area contributed by atoms with E-state index in [1.165, 1.54) is 11.3 Å². The first-order valence-electron chi connectivity index (χ1n) is 9.14. The summed E-state index contributed by atoms with van der Waals surface area (Å²) in [5.41, 5.74) is 2.03. The van der Waals surface area contributed by atoms with Gasteiger partial charge in [0.1, 0.15) is 5.58 Å². The molecule has 0 saturated heterocycles. The summed E-state index contributed by atoms with van der Waals surface area (Å²) in [4.78, 5) is 34.1. The molecular formula is C22H14BrClN2O3S. The van der Waals surface area contributed by atoms with Crippen molar-refractivity contribution in [3.8, 4) is 0 Å². The van der Waals surface area contributed by atoms with Gasteiger partial charge in [-0.2, -0.15) is 0 Å². The van der Waals surface area contributed by atoms with Crippen molar-refractivity contribution in [2.24, 2.45) is 0 Å². The van der Waals surface area contributed by atoms with Crippen molar-refractivity contribution in [1.82, 2.24) is 4.98 Å². The lowest BCUT2D eigenvalue weighted by Gasteiger charge is -2.22. The molecule has 0 radical (unpaired) electrons. The van der Waals surface area contributed by atoms with Crippen molar-refractivity contribution in [3.63, 3.8) is 0 Å². The van der Waals surface area contributed by atoms with Crippen molar-refractivity contribution in [1.29, 1.82) is 0 Å². The van der Waals surface area contributed by atoms with E-state index in [4.69, 9.17) is 16.0 Å². The van der Waals surface area contributed by atoms with Gasteiger partial charge in [0.25, 0.3) is 5.91 Å². The zero-order valence-corrected chi connectivity index (χ0v) is 19.1. The van der Waals surface area contributed by atoms with E-state index in [1.54, 1.807) is 23.1 Å². The first-order chi connectivity index (χ1) is 14.3. The van der Waals surface area contributed by atoms with Crippen LogP contribution in [0.1, 0.15) is 38.3 Å². The molecule has 0 N–H and O–H groups in total. The van der Waals surface area contributed by atoms with Crippen LogP contribution in [0, 0.1) is 13.8 Å². The Balaban J connectivity index is 1.82. The van der Waals surface area contributed by atoms with E-state index >= 15 is 0 Å². The van der Waals surface area contributed by atoms with E-state index in [-0.39, 0.29) is 17.1 Å². The first kappa shape index (κ1) is 19.5. The Hall–Kier alpha value is -2.48. The molecule has 0 unspecified atom stereocenters. The molecule has 4 aromatic rings. The molecule has 1 atom stereocenters. The molecule has 1 aliphatic rings. The molecule has 30 heavy (non-hydrogen) atoms. The van der Waals surface area contributed by atoms with Gasteiger partial charge in [-0.15, -0.1) is 11.3 Å². The smallest absolute Gasteiger partial charge is 0.297 e. The topological polar surface area (TPSA) is 63.4 Å². The number of nitrogens with zero attached hydrogens (tertiary/aromatic N) is 2. The number of thiazole rings is 1. The fraction of sp³-hybridized carbons (Fsp3) is 0.136. The van der Waals surface area contributed by atoms with Crippen LogP contribution >= 0.6 is 38.9 Å². The summed E-state index contributed by atoms with van der Waals surface area (Å²) in [5.74, 6) is -0.325. The Morgan fingerprint density at radius 2 is 1.87 bits per heavy atom. The number of anilines is 1. The number of hydrogen-bond donors (Lipinski definition) is 0. The lowest BCUT2D eigenvalue weighted by Crippen LogP contribution is -2.29. The summed E-state index contributed by atoms with van der Waals surface area (Å²) >= 11 is 11.0. The summed E-state index contributed by atoms with van der Waals surface area (Å²) in [5, 5.41) is 1.32. The van der Waals surface area contributed by atoms with Gasteiger partial charge in [0.15, 0.2) is 10.6 Å².